The van der Waals surface area contributed by atoms with E-state index < -0.39 is 6.04 Å². The predicted octanol–water partition coefficient (Wildman–Crippen LogP) is 2.54. The van der Waals surface area contributed by atoms with Gasteiger partial charge in [0.15, 0.2) is 0 Å². The van der Waals surface area contributed by atoms with E-state index in [4.69, 9.17) is 9.15 Å². The molecule has 0 fully saturated rings. The highest BCUT2D eigenvalue weighted by Crippen LogP contribution is 2.14. The van der Waals surface area contributed by atoms with E-state index in [9.17, 15) is 9.59 Å². The van der Waals surface area contributed by atoms with Crippen LogP contribution in [0.3, 0.4) is 0 Å². The summed E-state index contributed by atoms with van der Waals surface area (Å²) in [6, 6.07) is 11.9. The first kappa shape index (κ1) is 18.7. The third kappa shape index (κ3) is 6.43. The van der Waals surface area contributed by atoms with Gasteiger partial charge in [0.1, 0.15) is 11.8 Å². The average molecular weight is 344 g/mol. The molecule has 0 saturated carbocycles. The maximum absolute atomic E-state index is 12.2. The van der Waals surface area contributed by atoms with Crippen molar-refractivity contribution in [2.75, 3.05) is 19.8 Å². The molecular weight excluding hydrogens is 320 g/mol. The number of carbonyl (C=O) groups is 2. The van der Waals surface area contributed by atoms with Crippen LogP contribution < -0.4 is 10.6 Å². The largest absolute Gasteiger partial charge is 0.467 e. The van der Waals surface area contributed by atoms with Crippen molar-refractivity contribution in [1.29, 1.82) is 0 Å². The number of hydrogen-bond acceptors (Lipinski definition) is 4. The van der Waals surface area contributed by atoms with E-state index in [-0.39, 0.29) is 18.4 Å². The van der Waals surface area contributed by atoms with Crippen molar-refractivity contribution in [3.05, 3.63) is 60.1 Å². The first-order chi connectivity index (χ1) is 12.1. The number of nitrogens with one attached hydrogen (secondary N) is 2. The molecule has 0 spiro atoms. The Morgan fingerprint density at radius 2 is 1.84 bits per heavy atom. The maximum Gasteiger partial charge on any atom is 0.251 e. The number of hydrogen-bond donors (Lipinski definition) is 2. The van der Waals surface area contributed by atoms with Crippen LogP contribution in [-0.4, -0.2) is 31.6 Å². The maximum atomic E-state index is 12.2. The summed E-state index contributed by atoms with van der Waals surface area (Å²) in [5, 5.41) is 5.43. The van der Waals surface area contributed by atoms with Crippen molar-refractivity contribution in [2.24, 2.45) is 5.92 Å². The molecule has 2 aromatic rings. The Labute approximate surface area is 147 Å². The van der Waals surface area contributed by atoms with Gasteiger partial charge >= 0.3 is 0 Å². The molecule has 0 aliphatic rings. The molecule has 0 bridgehead atoms. The van der Waals surface area contributed by atoms with Gasteiger partial charge < -0.3 is 19.8 Å². The SMILES string of the molecule is CC(C)COC[C@H](NC(=O)CNC(=O)c1ccccc1)c1ccco1. The molecular formula is C19H24N2O4. The van der Waals surface area contributed by atoms with E-state index in [1.165, 1.54) is 0 Å². The van der Waals surface area contributed by atoms with E-state index in [0.717, 1.165) is 0 Å². The van der Waals surface area contributed by atoms with Gasteiger partial charge in [0.2, 0.25) is 5.91 Å². The van der Waals surface area contributed by atoms with Crippen LogP contribution in [0.2, 0.25) is 0 Å². The van der Waals surface area contributed by atoms with Gasteiger partial charge in [0.05, 0.1) is 19.4 Å². The zero-order valence-electron chi connectivity index (χ0n) is 14.5. The van der Waals surface area contributed by atoms with E-state index in [0.29, 0.717) is 30.5 Å². The molecule has 2 amide bonds. The fourth-order valence-corrected chi connectivity index (χ4v) is 2.20. The first-order valence-corrected chi connectivity index (χ1v) is 8.30. The van der Waals surface area contributed by atoms with Gasteiger partial charge in [0.25, 0.3) is 5.91 Å². The van der Waals surface area contributed by atoms with Crippen LogP contribution in [0.4, 0.5) is 0 Å². The highest BCUT2D eigenvalue weighted by Gasteiger charge is 2.18. The molecule has 0 aliphatic carbocycles. The van der Waals surface area contributed by atoms with E-state index in [1.807, 2.05) is 6.07 Å². The van der Waals surface area contributed by atoms with Crippen LogP contribution in [0.5, 0.6) is 0 Å². The van der Waals surface area contributed by atoms with Crippen LogP contribution >= 0.6 is 0 Å². The lowest BCUT2D eigenvalue weighted by Crippen LogP contribution is -2.40. The molecule has 0 unspecified atom stereocenters. The summed E-state index contributed by atoms with van der Waals surface area (Å²) in [5.74, 6) is 0.421. The molecule has 25 heavy (non-hydrogen) atoms. The Bertz CT molecular complexity index is 653. The van der Waals surface area contributed by atoms with Crippen LogP contribution in [0.25, 0.3) is 0 Å². The van der Waals surface area contributed by atoms with E-state index >= 15 is 0 Å². The molecule has 0 aliphatic heterocycles. The standard InChI is InChI=1S/C19H24N2O4/c1-14(2)12-24-13-16(17-9-6-10-25-17)21-18(22)11-20-19(23)15-7-4-3-5-8-15/h3-10,14,16H,11-13H2,1-2H3,(H,20,23)(H,21,22)/t16-/m0/s1. The van der Waals surface area contributed by atoms with Gasteiger partial charge in [-0.3, -0.25) is 9.59 Å². The minimum atomic E-state index is -0.394. The summed E-state index contributed by atoms with van der Waals surface area (Å²) in [7, 11) is 0. The molecule has 6 heteroatoms. The van der Waals surface area contributed by atoms with Crippen LogP contribution in [-0.2, 0) is 9.53 Å². The fourth-order valence-electron chi connectivity index (χ4n) is 2.20. The average Bonchev–Trinajstić information content (AvgIpc) is 3.14. The highest BCUT2D eigenvalue weighted by molar-refractivity contribution is 5.96. The van der Waals surface area contributed by atoms with Gasteiger partial charge in [-0.2, -0.15) is 0 Å². The predicted molar refractivity (Wildman–Crippen MR) is 94.0 cm³/mol. The van der Waals surface area contributed by atoms with Crippen molar-refractivity contribution in [3.63, 3.8) is 0 Å². The Kier molecular flexibility index (Phi) is 7.22. The van der Waals surface area contributed by atoms with Gasteiger partial charge in [0, 0.05) is 12.2 Å². The lowest BCUT2D eigenvalue weighted by Gasteiger charge is -2.18. The smallest absolute Gasteiger partial charge is 0.251 e. The third-order valence-electron chi connectivity index (χ3n) is 3.40. The summed E-state index contributed by atoms with van der Waals surface area (Å²) >= 11 is 0. The Morgan fingerprint density at radius 1 is 1.08 bits per heavy atom. The molecule has 0 saturated heterocycles. The summed E-state index contributed by atoms with van der Waals surface area (Å²) < 4.78 is 11.0. The molecule has 2 rings (SSSR count). The number of benzene rings is 1. The molecule has 0 radical (unpaired) electrons. The van der Waals surface area contributed by atoms with Crippen molar-refractivity contribution in [1.82, 2.24) is 10.6 Å². The molecule has 134 valence electrons. The summed E-state index contributed by atoms with van der Waals surface area (Å²) in [6.07, 6.45) is 1.55. The minimum Gasteiger partial charge on any atom is -0.467 e. The van der Waals surface area contributed by atoms with Gasteiger partial charge in [-0.15, -0.1) is 0 Å². The second-order valence-electron chi connectivity index (χ2n) is 6.12. The number of amides is 2. The molecule has 1 heterocycles. The topological polar surface area (TPSA) is 80.6 Å². The van der Waals surface area contributed by atoms with Crippen LogP contribution in [0.1, 0.15) is 36.0 Å². The minimum absolute atomic E-state index is 0.116. The molecule has 6 nitrogen and oxygen atoms in total. The number of furan rings is 1. The Morgan fingerprint density at radius 3 is 2.48 bits per heavy atom. The quantitative estimate of drug-likeness (QED) is 0.732. The second kappa shape index (κ2) is 9.64. The highest BCUT2D eigenvalue weighted by atomic mass is 16.5. The summed E-state index contributed by atoms with van der Waals surface area (Å²) in [4.78, 5) is 24.1. The molecule has 2 N–H and O–H groups in total. The normalized spacial score (nSPS) is 12.0. The Balaban J connectivity index is 1.85. The number of carbonyl (C=O) groups excluding carboxylic acids is 2. The lowest BCUT2D eigenvalue weighted by atomic mass is 10.2. The zero-order valence-corrected chi connectivity index (χ0v) is 14.5. The zero-order chi connectivity index (χ0) is 18.1. The van der Waals surface area contributed by atoms with Gasteiger partial charge in [-0.1, -0.05) is 32.0 Å². The first-order valence-electron chi connectivity index (χ1n) is 8.30. The van der Waals surface area contributed by atoms with Crippen LogP contribution in [0.15, 0.2) is 53.1 Å². The van der Waals surface area contributed by atoms with E-state index in [1.54, 1.807) is 42.7 Å². The lowest BCUT2D eigenvalue weighted by molar-refractivity contribution is -0.121. The van der Waals surface area contributed by atoms with Crippen molar-refractivity contribution in [2.45, 2.75) is 19.9 Å². The van der Waals surface area contributed by atoms with Crippen molar-refractivity contribution < 1.29 is 18.7 Å². The van der Waals surface area contributed by atoms with Gasteiger partial charge in [-0.25, -0.2) is 0 Å². The number of rotatable bonds is 9. The van der Waals surface area contributed by atoms with Crippen LogP contribution in [0, 0.1) is 5.92 Å². The van der Waals surface area contributed by atoms with Crippen molar-refractivity contribution >= 4 is 11.8 Å². The fraction of sp³-hybridized carbons (Fsp3) is 0.368. The molecule has 1 aromatic carbocycles. The van der Waals surface area contributed by atoms with E-state index in [2.05, 4.69) is 24.5 Å². The summed E-state index contributed by atoms with van der Waals surface area (Å²) in [6.45, 7) is 4.90. The molecule has 1 aromatic heterocycles. The second-order valence-corrected chi connectivity index (χ2v) is 6.12. The molecule has 1 atom stereocenters. The third-order valence-corrected chi connectivity index (χ3v) is 3.40. The van der Waals surface area contributed by atoms with Crippen molar-refractivity contribution in [3.8, 4) is 0 Å². The Hall–Kier alpha value is -2.60. The summed E-state index contributed by atoms with van der Waals surface area (Å²) in [5.41, 5.74) is 0.512. The monoisotopic (exact) mass is 344 g/mol. The number of ether oxygens (including phenoxy) is 1. The van der Waals surface area contributed by atoms with Gasteiger partial charge in [-0.05, 0) is 30.2 Å².